The number of ether oxygens (including phenoxy) is 3. The predicted octanol–water partition coefficient (Wildman–Crippen LogP) is 3.85. The molecule has 7 nitrogen and oxygen atoms in total. The third-order valence-electron chi connectivity index (χ3n) is 4.31. The molecule has 0 aliphatic heterocycles. The van der Waals surface area contributed by atoms with Crippen molar-refractivity contribution in [1.82, 2.24) is 0 Å². The lowest BCUT2D eigenvalue weighted by molar-refractivity contribution is -0.141. The maximum atomic E-state index is 12.5. The molecule has 2 N–H and O–H groups in total. The predicted molar refractivity (Wildman–Crippen MR) is 117 cm³/mol. The van der Waals surface area contributed by atoms with Crippen molar-refractivity contribution in [1.29, 1.82) is 0 Å². The van der Waals surface area contributed by atoms with Gasteiger partial charge >= 0.3 is 12.1 Å². The van der Waals surface area contributed by atoms with Gasteiger partial charge in [0.15, 0.2) is 0 Å². The molecule has 0 aliphatic rings. The van der Waals surface area contributed by atoms with E-state index in [0.717, 1.165) is 0 Å². The molecule has 2 aromatic carbocycles. The van der Waals surface area contributed by atoms with Crippen LogP contribution in [-0.4, -0.2) is 42.7 Å². The Labute approximate surface area is 181 Å². The zero-order valence-electron chi connectivity index (χ0n) is 16.8. The minimum absolute atomic E-state index is 0.00558. The first-order valence-corrected chi connectivity index (χ1v) is 10.3. The van der Waals surface area contributed by atoms with E-state index in [4.69, 9.17) is 19.3 Å². The Morgan fingerprint density at radius 1 is 1.07 bits per heavy atom. The van der Waals surface area contributed by atoms with Crippen LogP contribution in [0.1, 0.15) is 25.0 Å². The molecule has 0 radical (unpaired) electrons. The quantitative estimate of drug-likeness (QED) is 0.368. The first-order valence-electron chi connectivity index (χ1n) is 9.67. The minimum Gasteiger partial charge on any atom is -0.491 e. The van der Waals surface area contributed by atoms with E-state index in [2.05, 4.69) is 17.9 Å². The van der Waals surface area contributed by atoms with Gasteiger partial charge in [-0.2, -0.15) is 12.6 Å². The Kier molecular flexibility index (Phi) is 10.0. The highest BCUT2D eigenvalue weighted by Gasteiger charge is 2.27. The van der Waals surface area contributed by atoms with Gasteiger partial charge in [-0.3, -0.25) is 10.1 Å². The van der Waals surface area contributed by atoms with Crippen LogP contribution in [0.25, 0.3) is 0 Å². The highest BCUT2D eigenvalue weighted by Crippen LogP contribution is 2.35. The number of hydrogen-bond donors (Lipinski definition) is 3. The molecular formula is C22H27NO6S. The maximum absolute atomic E-state index is 12.5. The summed E-state index contributed by atoms with van der Waals surface area (Å²) >= 11 is 3.89. The topological polar surface area (TPSA) is 94.1 Å². The van der Waals surface area contributed by atoms with E-state index in [-0.39, 0.29) is 31.5 Å². The number of nitrogens with one attached hydrogen (secondary N) is 1. The summed E-state index contributed by atoms with van der Waals surface area (Å²) in [7, 11) is 0. The number of anilines is 1. The van der Waals surface area contributed by atoms with Crippen LogP contribution in [0.15, 0.2) is 54.6 Å². The number of carbonyl (C=O) groups excluding carboxylic acids is 2. The van der Waals surface area contributed by atoms with E-state index in [1.807, 2.05) is 37.3 Å². The summed E-state index contributed by atoms with van der Waals surface area (Å²) in [4.78, 5) is 23.9. The van der Waals surface area contributed by atoms with E-state index in [1.165, 1.54) is 0 Å². The lowest BCUT2D eigenvalue weighted by atomic mass is 9.94. The van der Waals surface area contributed by atoms with Gasteiger partial charge in [0.1, 0.15) is 18.5 Å². The lowest BCUT2D eigenvalue weighted by Crippen LogP contribution is -2.24. The molecule has 0 heterocycles. The average molecular weight is 434 g/mol. The van der Waals surface area contributed by atoms with Crippen LogP contribution in [0, 0.1) is 5.92 Å². The third kappa shape index (κ3) is 7.61. The van der Waals surface area contributed by atoms with Gasteiger partial charge in [0.2, 0.25) is 0 Å². The minimum atomic E-state index is -0.654. The normalized spacial score (nSPS) is 12.5. The van der Waals surface area contributed by atoms with E-state index in [1.54, 1.807) is 24.3 Å². The molecule has 0 saturated heterocycles. The summed E-state index contributed by atoms with van der Waals surface area (Å²) < 4.78 is 16.5. The second kappa shape index (κ2) is 12.8. The molecule has 1 amide bonds. The van der Waals surface area contributed by atoms with E-state index >= 15 is 0 Å². The Morgan fingerprint density at radius 2 is 1.77 bits per heavy atom. The number of esters is 1. The van der Waals surface area contributed by atoms with Crippen LogP contribution < -0.4 is 10.1 Å². The Hall–Kier alpha value is -2.71. The molecule has 2 aromatic rings. The second-order valence-corrected chi connectivity index (χ2v) is 6.89. The smallest absolute Gasteiger partial charge is 0.412 e. The number of aliphatic hydroxyl groups is 1. The van der Waals surface area contributed by atoms with Crippen molar-refractivity contribution >= 4 is 30.4 Å². The zero-order chi connectivity index (χ0) is 21.8. The van der Waals surface area contributed by atoms with Crippen LogP contribution in [0.2, 0.25) is 0 Å². The first-order chi connectivity index (χ1) is 14.5. The second-order valence-electron chi connectivity index (χ2n) is 6.57. The number of thiol groups is 1. The average Bonchev–Trinajstić information content (AvgIpc) is 2.76. The molecule has 162 valence electrons. The van der Waals surface area contributed by atoms with Crippen molar-refractivity contribution in [3.05, 3.63) is 60.2 Å². The molecule has 0 saturated carbocycles. The Balaban J connectivity index is 2.17. The van der Waals surface area contributed by atoms with Crippen molar-refractivity contribution < 1.29 is 28.9 Å². The van der Waals surface area contributed by atoms with Crippen molar-refractivity contribution in [3.8, 4) is 5.75 Å². The van der Waals surface area contributed by atoms with Crippen LogP contribution in [0.4, 0.5) is 10.5 Å². The SMILES string of the molecule is C[C@H](CCOC(=O)CS)[C@@H](OC(=O)Nc1ccccc1)c1ccccc1OCCO. The first kappa shape index (κ1) is 23.6. The molecule has 0 aliphatic carbocycles. The van der Waals surface area contributed by atoms with Gasteiger partial charge in [0, 0.05) is 17.2 Å². The van der Waals surface area contributed by atoms with Gasteiger partial charge in [0.25, 0.3) is 0 Å². The van der Waals surface area contributed by atoms with E-state index in [0.29, 0.717) is 23.4 Å². The van der Waals surface area contributed by atoms with E-state index < -0.39 is 18.2 Å². The molecule has 0 unspecified atom stereocenters. The number of amides is 1. The number of para-hydroxylation sites is 2. The van der Waals surface area contributed by atoms with Crippen LogP contribution in [0.3, 0.4) is 0 Å². The molecule has 0 fully saturated rings. The summed E-state index contributed by atoms with van der Waals surface area (Å²) in [6.45, 7) is 2.07. The molecule has 30 heavy (non-hydrogen) atoms. The van der Waals surface area contributed by atoms with Crippen molar-refractivity contribution in [2.45, 2.75) is 19.4 Å². The fourth-order valence-corrected chi connectivity index (χ4v) is 2.92. The van der Waals surface area contributed by atoms with Gasteiger partial charge in [-0.25, -0.2) is 4.79 Å². The van der Waals surface area contributed by atoms with Gasteiger partial charge in [-0.05, 0) is 24.6 Å². The maximum Gasteiger partial charge on any atom is 0.412 e. The lowest BCUT2D eigenvalue weighted by Gasteiger charge is -2.26. The number of rotatable bonds is 11. The zero-order valence-corrected chi connectivity index (χ0v) is 17.7. The van der Waals surface area contributed by atoms with Crippen LogP contribution in [-0.2, 0) is 14.3 Å². The molecule has 8 heteroatoms. The molecule has 0 aromatic heterocycles. The molecular weight excluding hydrogens is 406 g/mol. The summed E-state index contributed by atoms with van der Waals surface area (Å²) in [6, 6.07) is 16.2. The number of hydrogen-bond acceptors (Lipinski definition) is 7. The highest BCUT2D eigenvalue weighted by molar-refractivity contribution is 7.81. The van der Waals surface area contributed by atoms with Crippen LogP contribution >= 0.6 is 12.6 Å². The van der Waals surface area contributed by atoms with Gasteiger partial charge in [0.05, 0.1) is 19.0 Å². The Bertz CT molecular complexity index is 801. The Morgan fingerprint density at radius 3 is 2.47 bits per heavy atom. The number of aliphatic hydroxyl groups excluding tert-OH is 1. The molecule has 2 atom stereocenters. The fraction of sp³-hybridized carbons (Fsp3) is 0.364. The number of benzene rings is 2. The monoisotopic (exact) mass is 433 g/mol. The third-order valence-corrected chi connectivity index (χ3v) is 4.57. The van der Waals surface area contributed by atoms with Gasteiger partial charge in [-0.15, -0.1) is 0 Å². The largest absolute Gasteiger partial charge is 0.491 e. The summed E-state index contributed by atoms with van der Waals surface area (Å²) in [5, 5.41) is 11.8. The molecule has 2 rings (SSSR count). The fourth-order valence-electron chi connectivity index (χ4n) is 2.83. The van der Waals surface area contributed by atoms with Gasteiger partial charge in [-0.1, -0.05) is 43.3 Å². The summed E-state index contributed by atoms with van der Waals surface area (Å²) in [5.74, 6) is -0.0658. The highest BCUT2D eigenvalue weighted by atomic mass is 32.1. The molecule has 0 spiro atoms. The van der Waals surface area contributed by atoms with Crippen molar-refractivity contribution in [3.63, 3.8) is 0 Å². The van der Waals surface area contributed by atoms with Crippen molar-refractivity contribution in [2.24, 2.45) is 5.92 Å². The van der Waals surface area contributed by atoms with E-state index in [9.17, 15) is 9.59 Å². The van der Waals surface area contributed by atoms with Crippen LogP contribution in [0.5, 0.6) is 5.75 Å². The summed E-state index contributed by atoms with van der Waals surface area (Å²) in [5.41, 5.74) is 1.28. The standard InChI is InChI=1S/C22H27NO6S/c1-16(11-13-28-20(25)15-30)21(18-9-5-6-10-19(18)27-14-12-24)29-22(26)23-17-7-3-2-4-8-17/h2-10,16,21,24,30H,11-15H2,1H3,(H,23,26)/t16-,21-/m1/s1. The summed E-state index contributed by atoms with van der Waals surface area (Å²) in [6.07, 6.45) is -0.794. The number of carbonyl (C=O) groups is 2. The van der Waals surface area contributed by atoms with Gasteiger partial charge < -0.3 is 19.3 Å². The molecule has 0 bridgehead atoms. The van der Waals surface area contributed by atoms with Crippen molar-refractivity contribution in [2.75, 3.05) is 30.9 Å².